The van der Waals surface area contributed by atoms with Gasteiger partial charge in [-0.15, -0.1) is 0 Å². The number of carbonyl (C=O) groups is 3. The number of furan rings is 1. The van der Waals surface area contributed by atoms with Crippen LogP contribution in [0, 0.1) is 5.82 Å². The molecule has 2 aromatic rings. The maximum atomic E-state index is 13.2. The SMILES string of the molecule is CC(=O)N1CCN(C(=O)[C@H](NC(=O)c2ccco2)S(=O)(=O)c2ccc(F)cc2)CC1. The molecule has 0 bridgehead atoms. The highest BCUT2D eigenvalue weighted by molar-refractivity contribution is 7.92. The van der Waals surface area contributed by atoms with Crippen molar-refractivity contribution in [3.63, 3.8) is 0 Å². The van der Waals surface area contributed by atoms with E-state index in [1.165, 1.54) is 35.1 Å². The van der Waals surface area contributed by atoms with Crippen LogP contribution in [-0.2, 0) is 19.4 Å². The summed E-state index contributed by atoms with van der Waals surface area (Å²) in [6.45, 7) is 2.13. The van der Waals surface area contributed by atoms with E-state index in [1.807, 2.05) is 0 Å². The van der Waals surface area contributed by atoms with Crippen LogP contribution in [0.2, 0.25) is 0 Å². The molecule has 1 atom stereocenters. The first-order valence-electron chi connectivity index (χ1n) is 9.08. The molecule has 1 fully saturated rings. The van der Waals surface area contributed by atoms with Gasteiger partial charge in [-0.3, -0.25) is 14.4 Å². The number of rotatable bonds is 5. The lowest BCUT2D eigenvalue weighted by atomic mass is 10.3. The molecule has 0 spiro atoms. The number of piperazine rings is 1. The predicted octanol–water partition coefficient (Wildman–Crippen LogP) is 0.639. The molecule has 0 aliphatic carbocycles. The molecule has 2 heterocycles. The molecule has 1 aliphatic rings. The van der Waals surface area contributed by atoms with Gasteiger partial charge in [0.05, 0.1) is 11.2 Å². The lowest BCUT2D eigenvalue weighted by Crippen LogP contribution is -2.57. The summed E-state index contributed by atoms with van der Waals surface area (Å²) in [5, 5.41) is 0.277. The fourth-order valence-electron chi connectivity index (χ4n) is 3.04. The molecular formula is C19H20FN3O6S. The first-order chi connectivity index (χ1) is 14.2. The number of nitrogens with zero attached hydrogens (tertiary/aromatic N) is 2. The fraction of sp³-hybridized carbons (Fsp3) is 0.316. The number of benzene rings is 1. The molecule has 3 amide bonds. The first-order valence-corrected chi connectivity index (χ1v) is 10.6. The van der Waals surface area contributed by atoms with Gasteiger partial charge in [-0.05, 0) is 36.4 Å². The molecule has 1 aromatic carbocycles. The number of sulfone groups is 1. The number of hydrogen-bond acceptors (Lipinski definition) is 6. The van der Waals surface area contributed by atoms with Crippen LogP contribution in [0.25, 0.3) is 0 Å². The number of halogens is 1. The topological polar surface area (TPSA) is 117 Å². The summed E-state index contributed by atoms with van der Waals surface area (Å²) in [5.74, 6) is -2.68. The zero-order chi connectivity index (χ0) is 21.9. The minimum Gasteiger partial charge on any atom is -0.459 e. The van der Waals surface area contributed by atoms with Gasteiger partial charge in [0.15, 0.2) is 5.76 Å². The van der Waals surface area contributed by atoms with E-state index in [9.17, 15) is 27.2 Å². The summed E-state index contributed by atoms with van der Waals surface area (Å²) in [4.78, 5) is 39.5. The third-order valence-corrected chi connectivity index (χ3v) is 6.59. The average molecular weight is 437 g/mol. The first kappa shape index (κ1) is 21.5. The molecule has 1 aliphatic heterocycles. The van der Waals surface area contributed by atoms with Gasteiger partial charge in [0, 0.05) is 33.1 Å². The molecule has 160 valence electrons. The third kappa shape index (κ3) is 4.51. The zero-order valence-electron chi connectivity index (χ0n) is 16.1. The normalized spacial score (nSPS) is 15.5. The summed E-state index contributed by atoms with van der Waals surface area (Å²) < 4.78 is 44.5. The van der Waals surface area contributed by atoms with Crippen molar-refractivity contribution < 1.29 is 31.6 Å². The molecule has 30 heavy (non-hydrogen) atoms. The molecule has 11 heteroatoms. The lowest BCUT2D eigenvalue weighted by Gasteiger charge is -2.35. The Balaban J connectivity index is 1.89. The maximum Gasteiger partial charge on any atom is 0.288 e. The minimum atomic E-state index is -4.39. The van der Waals surface area contributed by atoms with Gasteiger partial charge in [-0.1, -0.05) is 0 Å². The van der Waals surface area contributed by atoms with Gasteiger partial charge in [-0.2, -0.15) is 0 Å². The van der Waals surface area contributed by atoms with Crippen molar-refractivity contribution in [3.05, 3.63) is 54.2 Å². The van der Waals surface area contributed by atoms with Crippen molar-refractivity contribution in [2.24, 2.45) is 0 Å². The number of carbonyl (C=O) groups excluding carboxylic acids is 3. The Morgan fingerprint density at radius 2 is 1.63 bits per heavy atom. The van der Waals surface area contributed by atoms with E-state index in [0.717, 1.165) is 24.3 Å². The number of hydrogen-bond donors (Lipinski definition) is 1. The van der Waals surface area contributed by atoms with Crippen molar-refractivity contribution >= 4 is 27.6 Å². The van der Waals surface area contributed by atoms with Crippen molar-refractivity contribution in [2.75, 3.05) is 26.2 Å². The second-order valence-corrected chi connectivity index (χ2v) is 8.69. The van der Waals surface area contributed by atoms with Crippen LogP contribution in [0.3, 0.4) is 0 Å². The number of nitrogens with one attached hydrogen (secondary N) is 1. The Morgan fingerprint density at radius 1 is 1.03 bits per heavy atom. The predicted molar refractivity (Wildman–Crippen MR) is 102 cm³/mol. The average Bonchev–Trinajstić information content (AvgIpc) is 3.26. The van der Waals surface area contributed by atoms with Crippen LogP contribution in [-0.4, -0.2) is 67.5 Å². The van der Waals surface area contributed by atoms with Crippen molar-refractivity contribution in [3.8, 4) is 0 Å². The molecule has 9 nitrogen and oxygen atoms in total. The van der Waals surface area contributed by atoms with E-state index in [4.69, 9.17) is 4.42 Å². The Morgan fingerprint density at radius 3 is 2.17 bits per heavy atom. The second-order valence-electron chi connectivity index (χ2n) is 6.66. The Kier molecular flexibility index (Phi) is 6.20. The molecule has 1 N–H and O–H groups in total. The van der Waals surface area contributed by atoms with E-state index < -0.39 is 32.8 Å². The minimum absolute atomic E-state index is 0.116. The molecule has 0 radical (unpaired) electrons. The van der Waals surface area contributed by atoms with Crippen LogP contribution >= 0.6 is 0 Å². The largest absolute Gasteiger partial charge is 0.459 e. The molecular weight excluding hydrogens is 417 g/mol. The van der Waals surface area contributed by atoms with E-state index in [1.54, 1.807) is 0 Å². The van der Waals surface area contributed by atoms with Crippen molar-refractivity contribution in [1.82, 2.24) is 15.1 Å². The monoisotopic (exact) mass is 437 g/mol. The van der Waals surface area contributed by atoms with Gasteiger partial charge in [-0.25, -0.2) is 12.8 Å². The summed E-state index contributed by atoms with van der Waals surface area (Å²) >= 11 is 0. The third-order valence-electron chi connectivity index (χ3n) is 4.72. The highest BCUT2D eigenvalue weighted by Gasteiger charge is 2.39. The molecule has 3 rings (SSSR count). The smallest absolute Gasteiger partial charge is 0.288 e. The quantitative estimate of drug-likeness (QED) is 0.686. The zero-order valence-corrected chi connectivity index (χ0v) is 16.9. The molecule has 0 saturated carbocycles. The van der Waals surface area contributed by atoms with Gasteiger partial charge >= 0.3 is 0 Å². The highest BCUT2D eigenvalue weighted by Crippen LogP contribution is 2.19. The van der Waals surface area contributed by atoms with Gasteiger partial charge in [0.2, 0.25) is 21.1 Å². The van der Waals surface area contributed by atoms with Gasteiger partial charge in [0.1, 0.15) is 5.82 Å². The fourth-order valence-corrected chi connectivity index (χ4v) is 4.50. The van der Waals surface area contributed by atoms with Crippen molar-refractivity contribution in [2.45, 2.75) is 17.2 Å². The van der Waals surface area contributed by atoms with Crippen LogP contribution in [0.5, 0.6) is 0 Å². The highest BCUT2D eigenvalue weighted by atomic mass is 32.2. The lowest BCUT2D eigenvalue weighted by molar-refractivity contribution is -0.138. The molecule has 1 aromatic heterocycles. The summed E-state index contributed by atoms with van der Waals surface area (Å²) in [7, 11) is -4.39. The van der Waals surface area contributed by atoms with E-state index in [0.29, 0.717) is 0 Å². The van der Waals surface area contributed by atoms with Gasteiger partial charge in [0.25, 0.3) is 11.8 Å². The van der Waals surface area contributed by atoms with Crippen LogP contribution in [0.1, 0.15) is 17.5 Å². The van der Waals surface area contributed by atoms with Gasteiger partial charge < -0.3 is 19.5 Å². The standard InChI is InChI=1S/C19H20FN3O6S/c1-13(24)22-8-10-23(11-9-22)19(26)18(21-17(25)16-3-2-12-29-16)30(27,28)15-6-4-14(20)5-7-15/h2-7,12,18H,8-11H2,1H3,(H,21,25)/t18-/m1/s1. The molecule has 1 saturated heterocycles. The molecule has 0 unspecified atom stereocenters. The summed E-state index contributed by atoms with van der Waals surface area (Å²) in [5.41, 5.74) is 0. The summed E-state index contributed by atoms with van der Waals surface area (Å²) in [6, 6.07) is 6.73. The summed E-state index contributed by atoms with van der Waals surface area (Å²) in [6.07, 6.45) is 1.24. The van der Waals surface area contributed by atoms with Crippen LogP contribution < -0.4 is 5.32 Å². The van der Waals surface area contributed by atoms with E-state index in [2.05, 4.69) is 5.32 Å². The second kappa shape index (κ2) is 8.66. The van der Waals surface area contributed by atoms with E-state index >= 15 is 0 Å². The van der Waals surface area contributed by atoms with Crippen LogP contribution in [0.15, 0.2) is 52.0 Å². The van der Waals surface area contributed by atoms with Crippen LogP contribution in [0.4, 0.5) is 4.39 Å². The Hall–Kier alpha value is -3.21. The Labute approximate surface area is 172 Å². The van der Waals surface area contributed by atoms with Crippen molar-refractivity contribution in [1.29, 1.82) is 0 Å². The number of amides is 3. The Bertz CT molecular complexity index is 1030. The maximum absolute atomic E-state index is 13.2. The van der Waals surface area contributed by atoms with E-state index in [-0.39, 0.29) is 42.7 Å².